The molecule has 1 aromatic heterocycles. The predicted octanol–water partition coefficient (Wildman–Crippen LogP) is 3.72. The fourth-order valence-corrected chi connectivity index (χ4v) is 5.36. The number of anilines is 4. The normalized spacial score (nSPS) is 19.6. The van der Waals surface area contributed by atoms with Gasteiger partial charge in [-0.25, -0.2) is 13.8 Å². The van der Waals surface area contributed by atoms with E-state index in [0.717, 1.165) is 8.61 Å². The maximum atomic E-state index is 13.5. The molecule has 5 rings (SSSR count). The lowest BCUT2D eigenvalue weighted by Gasteiger charge is -2.18. The summed E-state index contributed by atoms with van der Waals surface area (Å²) in [6.45, 7) is -0.261. The molecule has 34 heavy (non-hydrogen) atoms. The molecule has 0 bridgehead atoms. The van der Waals surface area contributed by atoms with E-state index in [9.17, 15) is 17.2 Å². The van der Waals surface area contributed by atoms with E-state index in [4.69, 9.17) is 10.5 Å². The highest BCUT2D eigenvalue weighted by Gasteiger charge is 2.59. The fourth-order valence-electron chi connectivity index (χ4n) is 3.89. The third-order valence-electron chi connectivity index (χ3n) is 5.98. The summed E-state index contributed by atoms with van der Waals surface area (Å²) in [4.78, 5) is 8.31. The van der Waals surface area contributed by atoms with Crippen molar-refractivity contribution in [3.63, 3.8) is 0 Å². The Bertz CT molecular complexity index is 1380. The van der Waals surface area contributed by atoms with Gasteiger partial charge in [-0.3, -0.25) is 8.61 Å². The molecule has 0 amide bonds. The van der Waals surface area contributed by atoms with Gasteiger partial charge in [0.15, 0.2) is 0 Å². The van der Waals surface area contributed by atoms with Crippen molar-refractivity contribution in [1.29, 1.82) is 0 Å². The van der Waals surface area contributed by atoms with Crippen LogP contribution in [0.1, 0.15) is 6.42 Å². The van der Waals surface area contributed by atoms with Crippen molar-refractivity contribution in [1.82, 2.24) is 9.97 Å². The summed E-state index contributed by atoms with van der Waals surface area (Å²) in [6.07, 6.45) is 1.26. The molecule has 12 heteroatoms. The predicted molar refractivity (Wildman–Crippen MR) is 126 cm³/mol. The van der Waals surface area contributed by atoms with Crippen LogP contribution in [0.4, 0.5) is 31.7 Å². The minimum Gasteiger partial charge on any atom is -0.424 e. The number of hydrogen-bond donors (Lipinski definition) is 2. The summed E-state index contributed by atoms with van der Waals surface area (Å²) in [5.41, 5.74) is 8.66. The second-order valence-electron chi connectivity index (χ2n) is 8.20. The van der Waals surface area contributed by atoms with Gasteiger partial charge < -0.3 is 15.8 Å². The Labute approximate surface area is 195 Å². The van der Waals surface area contributed by atoms with E-state index in [1.54, 1.807) is 55.7 Å². The minimum absolute atomic E-state index is 0.148. The van der Waals surface area contributed by atoms with Gasteiger partial charge in [0, 0.05) is 50.4 Å². The molecule has 178 valence electrons. The number of halogens is 2. The number of aromatic nitrogens is 2. The van der Waals surface area contributed by atoms with Gasteiger partial charge >= 0.3 is 16.2 Å². The first kappa shape index (κ1) is 22.1. The summed E-state index contributed by atoms with van der Waals surface area (Å²) in [7, 11) is -0.807. The quantitative estimate of drug-likeness (QED) is 0.509. The highest BCUT2D eigenvalue weighted by atomic mass is 32.2. The van der Waals surface area contributed by atoms with Crippen LogP contribution in [0.3, 0.4) is 0 Å². The third kappa shape index (κ3) is 3.73. The van der Waals surface area contributed by atoms with E-state index in [-0.39, 0.29) is 19.0 Å². The topological polar surface area (TPSA) is 114 Å². The molecule has 1 aliphatic carbocycles. The highest BCUT2D eigenvalue weighted by molar-refractivity contribution is 7.94. The fraction of sp³-hybridized carbons (Fsp3) is 0.273. The summed E-state index contributed by atoms with van der Waals surface area (Å²) >= 11 is 0. The number of benzene rings is 2. The van der Waals surface area contributed by atoms with Crippen LogP contribution in [-0.2, 0) is 10.2 Å². The van der Waals surface area contributed by atoms with Crippen molar-refractivity contribution < 1.29 is 21.9 Å². The van der Waals surface area contributed by atoms with Gasteiger partial charge in [-0.05, 0) is 42.0 Å². The molecule has 3 aromatic rings. The van der Waals surface area contributed by atoms with Gasteiger partial charge in [0.2, 0.25) is 0 Å². The van der Waals surface area contributed by atoms with Crippen LogP contribution in [0, 0.1) is 5.92 Å². The van der Waals surface area contributed by atoms with Gasteiger partial charge in [0.25, 0.3) is 5.92 Å². The molecular weight excluding hydrogens is 466 g/mol. The second kappa shape index (κ2) is 7.69. The molecule has 0 spiro atoms. The number of nitrogens with two attached hydrogens (primary N) is 1. The zero-order valence-corrected chi connectivity index (χ0v) is 19.2. The number of alkyl halides is 2. The van der Waals surface area contributed by atoms with Crippen LogP contribution in [0.15, 0.2) is 48.7 Å². The Morgan fingerprint density at radius 2 is 1.97 bits per heavy atom. The van der Waals surface area contributed by atoms with Crippen molar-refractivity contribution in [3.8, 4) is 22.9 Å². The van der Waals surface area contributed by atoms with Gasteiger partial charge in [-0.2, -0.15) is 13.4 Å². The Hall–Kier alpha value is -3.67. The lowest BCUT2D eigenvalue weighted by atomic mass is 10.0. The van der Waals surface area contributed by atoms with Crippen molar-refractivity contribution >= 4 is 33.1 Å². The SMILES string of the molecule is CNc1ccnc(Oc2ccc(N)c(-c3ccc4c(c3)N(C)S(=O)(=O)N4CC3CC3(F)F)c2)n1. The minimum atomic E-state index is -3.94. The molecule has 1 atom stereocenters. The smallest absolute Gasteiger partial charge is 0.326 e. The highest BCUT2D eigenvalue weighted by Crippen LogP contribution is 2.52. The lowest BCUT2D eigenvalue weighted by molar-refractivity contribution is 0.101. The average Bonchev–Trinajstić information content (AvgIpc) is 3.38. The van der Waals surface area contributed by atoms with Crippen LogP contribution >= 0.6 is 0 Å². The largest absolute Gasteiger partial charge is 0.424 e. The monoisotopic (exact) mass is 488 g/mol. The molecule has 0 radical (unpaired) electrons. The lowest BCUT2D eigenvalue weighted by Crippen LogP contribution is -2.37. The first-order valence-electron chi connectivity index (χ1n) is 10.5. The van der Waals surface area contributed by atoms with Crippen LogP contribution < -0.4 is 24.4 Å². The number of nitrogens with zero attached hydrogens (tertiary/aromatic N) is 4. The zero-order chi connectivity index (χ0) is 24.3. The molecule has 0 saturated heterocycles. The molecule has 2 heterocycles. The summed E-state index contributed by atoms with van der Waals surface area (Å²) in [6, 6.07) is 11.9. The van der Waals surface area contributed by atoms with Crippen LogP contribution in [0.25, 0.3) is 11.1 Å². The van der Waals surface area contributed by atoms with Gasteiger partial charge in [0.05, 0.1) is 11.4 Å². The van der Waals surface area contributed by atoms with Gasteiger partial charge in [0.1, 0.15) is 11.6 Å². The van der Waals surface area contributed by atoms with E-state index in [2.05, 4.69) is 15.3 Å². The first-order valence-corrected chi connectivity index (χ1v) is 11.9. The van der Waals surface area contributed by atoms with Crippen molar-refractivity contribution in [2.24, 2.45) is 5.92 Å². The van der Waals surface area contributed by atoms with Crippen LogP contribution in [0.2, 0.25) is 0 Å². The Morgan fingerprint density at radius 1 is 1.21 bits per heavy atom. The number of fused-ring (bicyclic) bond motifs is 1. The second-order valence-corrected chi connectivity index (χ2v) is 10.1. The van der Waals surface area contributed by atoms with Crippen molar-refractivity contribution in [3.05, 3.63) is 48.7 Å². The average molecular weight is 489 g/mol. The van der Waals surface area contributed by atoms with E-state index in [1.165, 1.54) is 7.05 Å². The molecule has 1 aliphatic heterocycles. The Morgan fingerprint density at radius 3 is 2.68 bits per heavy atom. The maximum absolute atomic E-state index is 13.5. The molecule has 1 fully saturated rings. The molecule has 9 nitrogen and oxygen atoms in total. The first-order chi connectivity index (χ1) is 16.1. The number of nitrogens with one attached hydrogen (secondary N) is 1. The number of ether oxygens (including phenoxy) is 1. The number of nitrogen functional groups attached to an aromatic ring is 1. The maximum Gasteiger partial charge on any atom is 0.326 e. The van der Waals surface area contributed by atoms with Crippen molar-refractivity contribution in [2.75, 3.05) is 40.3 Å². The summed E-state index contributed by atoms with van der Waals surface area (Å²) in [5.74, 6) is -2.76. The van der Waals surface area contributed by atoms with Gasteiger partial charge in [-0.15, -0.1) is 0 Å². The van der Waals surface area contributed by atoms with Gasteiger partial charge in [-0.1, -0.05) is 6.07 Å². The molecule has 2 aromatic carbocycles. The third-order valence-corrected chi connectivity index (χ3v) is 7.78. The molecule has 1 saturated carbocycles. The van der Waals surface area contributed by atoms with Crippen LogP contribution in [0.5, 0.6) is 11.8 Å². The van der Waals surface area contributed by atoms with Crippen LogP contribution in [-0.4, -0.2) is 44.9 Å². The van der Waals surface area contributed by atoms with E-state index in [0.29, 0.717) is 39.8 Å². The Kier molecular flexibility index (Phi) is 5.01. The van der Waals surface area contributed by atoms with E-state index in [1.807, 2.05) is 0 Å². The molecular formula is C22H22F2N6O3S. The number of rotatable bonds is 6. The zero-order valence-electron chi connectivity index (χ0n) is 18.4. The van der Waals surface area contributed by atoms with E-state index >= 15 is 0 Å². The molecule has 2 aliphatic rings. The molecule has 3 N–H and O–H groups in total. The standard InChI is InChI=1S/C22H22F2N6O3S/c1-26-20-7-8-27-21(28-20)33-15-4-5-17(25)16(10-15)13-3-6-18-19(9-13)29(2)34(31,32)30(18)12-14-11-22(14,23)24/h3-10,14H,11-12,25H2,1-2H3,(H,26,27,28). The van der Waals surface area contributed by atoms with E-state index < -0.39 is 22.0 Å². The number of hydrogen-bond acceptors (Lipinski definition) is 7. The molecule has 1 unspecified atom stereocenters. The Balaban J connectivity index is 1.47. The summed E-state index contributed by atoms with van der Waals surface area (Å²) in [5, 5.41) is 2.91. The summed E-state index contributed by atoms with van der Waals surface area (Å²) < 4.78 is 60.6. The van der Waals surface area contributed by atoms with Crippen molar-refractivity contribution in [2.45, 2.75) is 12.3 Å².